The maximum absolute atomic E-state index is 10.2. The Kier molecular flexibility index (Phi) is 1.90. The first-order valence-electron chi connectivity index (χ1n) is 2.07. The van der Waals surface area contributed by atoms with Crippen molar-refractivity contribution < 1.29 is 9.53 Å². The van der Waals surface area contributed by atoms with Gasteiger partial charge in [0, 0.05) is 0 Å². The zero-order valence-corrected chi connectivity index (χ0v) is 5.67. The Labute approximate surface area is 56.0 Å². The van der Waals surface area contributed by atoms with E-state index in [9.17, 15) is 4.79 Å². The van der Waals surface area contributed by atoms with Crippen LogP contribution in [0.3, 0.4) is 0 Å². The van der Waals surface area contributed by atoms with Gasteiger partial charge in [0.25, 0.3) is 0 Å². The van der Waals surface area contributed by atoms with E-state index in [1.807, 2.05) is 0 Å². The summed E-state index contributed by atoms with van der Waals surface area (Å²) in [6, 6.07) is 0. The van der Waals surface area contributed by atoms with Crippen LogP contribution in [0.15, 0.2) is 0 Å². The lowest BCUT2D eigenvalue weighted by Crippen LogP contribution is -2.12. The maximum atomic E-state index is 10.2. The Morgan fingerprint density at radius 3 is 3.00 bits per heavy atom. The van der Waals surface area contributed by atoms with Crippen LogP contribution in [0.25, 0.3) is 0 Å². The van der Waals surface area contributed by atoms with Gasteiger partial charge >= 0.3 is 6.09 Å². The maximum Gasteiger partial charge on any atom is 0.408 e. The lowest BCUT2D eigenvalue weighted by molar-refractivity contribution is 0.170. The minimum Gasteiger partial charge on any atom is -0.432 e. The zero-order chi connectivity index (χ0) is 5.98. The molecule has 0 radical (unpaired) electrons. The average Bonchev–Trinajstić information content (AvgIpc) is 2.14. The minimum absolute atomic E-state index is 0.106. The van der Waals surface area contributed by atoms with Gasteiger partial charge < -0.3 is 10.1 Å². The molecule has 1 amide bonds. The number of amides is 1. The molecule has 46 valence electrons. The predicted octanol–water partition coefficient (Wildman–Crippen LogP) is 0.630. The van der Waals surface area contributed by atoms with Crippen LogP contribution in [0.4, 0.5) is 4.79 Å². The molecule has 0 aliphatic carbocycles. The highest BCUT2D eigenvalue weighted by Gasteiger charge is 2.20. The first-order valence-corrected chi connectivity index (χ1v) is 4.01. The number of thiol groups is 1. The lowest BCUT2D eigenvalue weighted by Gasteiger charge is -1.97. The van der Waals surface area contributed by atoms with Crippen molar-refractivity contribution in [1.29, 1.82) is 0 Å². The van der Waals surface area contributed by atoms with E-state index < -0.39 is 0 Å². The Morgan fingerprint density at radius 2 is 2.75 bits per heavy atom. The molecule has 1 fully saturated rings. The van der Waals surface area contributed by atoms with Crippen LogP contribution in [-0.2, 0) is 4.74 Å². The van der Waals surface area contributed by atoms with Crippen molar-refractivity contribution in [2.24, 2.45) is 0 Å². The lowest BCUT2D eigenvalue weighted by atomic mass is 10.7. The van der Waals surface area contributed by atoms with Crippen LogP contribution >= 0.6 is 22.5 Å². The fraction of sp³-hybridized carbons (Fsp3) is 0.667. The third-order valence-electron chi connectivity index (χ3n) is 0.769. The molecule has 1 N–H and O–H groups in total. The summed E-state index contributed by atoms with van der Waals surface area (Å²) in [5, 5.41) is 2.49. The van der Waals surface area contributed by atoms with Crippen LogP contribution in [-0.4, -0.2) is 18.1 Å². The van der Waals surface area contributed by atoms with Crippen molar-refractivity contribution in [1.82, 2.24) is 5.32 Å². The van der Waals surface area contributed by atoms with E-state index >= 15 is 0 Å². The number of hydrogen-bond donors (Lipinski definition) is 2. The summed E-state index contributed by atoms with van der Waals surface area (Å²) < 4.78 is 4.65. The van der Waals surface area contributed by atoms with Crippen LogP contribution in [0.2, 0.25) is 0 Å². The quantitative estimate of drug-likeness (QED) is 0.426. The van der Waals surface area contributed by atoms with Gasteiger partial charge in [0.1, 0.15) is 0 Å². The fourth-order valence-corrected chi connectivity index (χ4v) is 1.07. The summed E-state index contributed by atoms with van der Waals surface area (Å²) in [6.45, 7) is 0.563. The molecule has 1 saturated heterocycles. The Balaban J connectivity index is 2.32. The van der Waals surface area contributed by atoms with Crippen LogP contribution in [0.1, 0.15) is 0 Å². The smallest absolute Gasteiger partial charge is 0.408 e. The summed E-state index contributed by atoms with van der Waals surface area (Å²) in [5.74, 6) is 0. The molecule has 8 heavy (non-hydrogen) atoms. The molecule has 1 unspecified atom stereocenters. The third kappa shape index (κ3) is 1.23. The normalized spacial score (nSPS) is 27.1. The summed E-state index contributed by atoms with van der Waals surface area (Å²) in [5.41, 5.74) is -0.106. The number of cyclic esters (lactones) is 1. The largest absolute Gasteiger partial charge is 0.432 e. The SMILES string of the molecule is O=C1NCC(SS)O1. The van der Waals surface area contributed by atoms with E-state index in [2.05, 4.69) is 21.7 Å². The van der Waals surface area contributed by atoms with E-state index in [-0.39, 0.29) is 11.5 Å². The van der Waals surface area contributed by atoms with E-state index in [0.717, 1.165) is 0 Å². The second-order valence-corrected chi connectivity index (χ2v) is 2.69. The molecule has 0 saturated carbocycles. The molecule has 0 aromatic heterocycles. The molecule has 0 bridgehead atoms. The van der Waals surface area contributed by atoms with Gasteiger partial charge in [0.2, 0.25) is 0 Å². The molecular formula is C3H5NO2S2. The van der Waals surface area contributed by atoms with Gasteiger partial charge in [0.05, 0.1) is 6.54 Å². The van der Waals surface area contributed by atoms with E-state index in [1.54, 1.807) is 0 Å². The van der Waals surface area contributed by atoms with Crippen molar-refractivity contribution >= 4 is 28.5 Å². The monoisotopic (exact) mass is 151 g/mol. The molecule has 1 aliphatic heterocycles. The summed E-state index contributed by atoms with van der Waals surface area (Å²) in [7, 11) is 1.23. The Hall–Kier alpha value is -0.0300. The van der Waals surface area contributed by atoms with Gasteiger partial charge in [-0.25, -0.2) is 4.79 Å². The van der Waals surface area contributed by atoms with Gasteiger partial charge in [0.15, 0.2) is 5.44 Å². The predicted molar refractivity (Wildman–Crippen MR) is 34.8 cm³/mol. The number of carbonyl (C=O) groups excluding carboxylic acids is 1. The van der Waals surface area contributed by atoms with Crippen molar-refractivity contribution in [3.63, 3.8) is 0 Å². The van der Waals surface area contributed by atoms with Gasteiger partial charge in [-0.3, -0.25) is 0 Å². The standard InChI is InChI=1S/C3H5NO2S2/c5-3-4-1-2(6-3)8-7/h2,7H,1H2,(H,4,5). The molecule has 1 rings (SSSR count). The molecule has 1 aliphatic rings. The zero-order valence-electron chi connectivity index (χ0n) is 3.96. The summed E-state index contributed by atoms with van der Waals surface area (Å²) in [6.07, 6.45) is -0.350. The summed E-state index contributed by atoms with van der Waals surface area (Å²) >= 11 is 3.86. The van der Waals surface area contributed by atoms with Gasteiger partial charge in [-0.15, -0.1) is 11.7 Å². The molecule has 0 aromatic rings. The Morgan fingerprint density at radius 1 is 2.00 bits per heavy atom. The van der Waals surface area contributed by atoms with Gasteiger partial charge in [-0.1, -0.05) is 10.8 Å². The average molecular weight is 151 g/mol. The molecule has 1 atom stereocenters. The molecule has 1 heterocycles. The molecule has 5 heteroatoms. The topological polar surface area (TPSA) is 38.3 Å². The number of ether oxygens (including phenoxy) is 1. The summed E-state index contributed by atoms with van der Waals surface area (Å²) in [4.78, 5) is 10.2. The van der Waals surface area contributed by atoms with Crippen LogP contribution < -0.4 is 5.32 Å². The van der Waals surface area contributed by atoms with E-state index in [1.165, 1.54) is 10.8 Å². The van der Waals surface area contributed by atoms with Crippen molar-refractivity contribution in [2.75, 3.05) is 6.54 Å². The minimum atomic E-state index is -0.350. The number of hydrogen-bond acceptors (Lipinski definition) is 4. The number of alkyl carbamates (subject to hydrolysis) is 1. The molecule has 0 aromatic carbocycles. The van der Waals surface area contributed by atoms with Crippen molar-refractivity contribution in [3.8, 4) is 0 Å². The van der Waals surface area contributed by atoms with Crippen molar-refractivity contribution in [3.05, 3.63) is 0 Å². The molecular weight excluding hydrogens is 146 g/mol. The highest BCUT2D eigenvalue weighted by Crippen LogP contribution is 2.18. The number of nitrogens with one attached hydrogen (secondary N) is 1. The molecule has 0 spiro atoms. The molecule has 3 nitrogen and oxygen atoms in total. The van der Waals surface area contributed by atoms with Gasteiger partial charge in [-0.05, 0) is 0 Å². The highest BCUT2D eigenvalue weighted by molar-refractivity contribution is 8.68. The van der Waals surface area contributed by atoms with Crippen LogP contribution in [0, 0.1) is 0 Å². The first-order chi connectivity index (χ1) is 3.83. The Bertz CT molecular complexity index is 107. The fourth-order valence-electron chi connectivity index (χ4n) is 0.428. The van der Waals surface area contributed by atoms with Gasteiger partial charge in [-0.2, -0.15) is 0 Å². The van der Waals surface area contributed by atoms with E-state index in [0.29, 0.717) is 6.54 Å². The van der Waals surface area contributed by atoms with Crippen LogP contribution in [0.5, 0.6) is 0 Å². The van der Waals surface area contributed by atoms with E-state index in [4.69, 9.17) is 0 Å². The second kappa shape index (κ2) is 2.50. The third-order valence-corrected chi connectivity index (χ3v) is 1.97. The van der Waals surface area contributed by atoms with Crippen molar-refractivity contribution in [2.45, 2.75) is 5.44 Å². The number of carbonyl (C=O) groups is 1. The number of rotatable bonds is 1. The highest BCUT2D eigenvalue weighted by atomic mass is 33.1. The first kappa shape index (κ1) is 6.10. The second-order valence-electron chi connectivity index (χ2n) is 1.32.